The molecule has 1 amide bonds. The van der Waals surface area contributed by atoms with Crippen LogP contribution in [0, 0.1) is 5.41 Å². The lowest BCUT2D eigenvalue weighted by atomic mass is 9.75. The Morgan fingerprint density at radius 3 is 2.63 bits per heavy atom. The summed E-state index contributed by atoms with van der Waals surface area (Å²) in [4.78, 5) is 14.6. The maximum absolute atomic E-state index is 12.5. The summed E-state index contributed by atoms with van der Waals surface area (Å²) in [7, 11) is 0. The zero-order valence-electron chi connectivity index (χ0n) is 12.9. The Morgan fingerprint density at radius 1 is 1.32 bits per heavy atom. The first-order valence-electron chi connectivity index (χ1n) is 8.12. The van der Waals surface area contributed by atoms with Crippen LogP contribution in [-0.4, -0.2) is 29.6 Å². The van der Waals surface area contributed by atoms with Crippen LogP contribution in [0.2, 0.25) is 0 Å². The van der Waals surface area contributed by atoms with Gasteiger partial charge in [-0.3, -0.25) is 10.1 Å². The highest BCUT2D eigenvalue weighted by Crippen LogP contribution is 2.37. The van der Waals surface area contributed by atoms with Crippen LogP contribution in [0.5, 0.6) is 0 Å². The molecule has 1 aliphatic carbocycles. The Morgan fingerprint density at radius 2 is 2.00 bits per heavy atom. The van der Waals surface area contributed by atoms with Crippen molar-refractivity contribution in [2.75, 3.05) is 6.54 Å². The van der Waals surface area contributed by atoms with Crippen molar-refractivity contribution < 1.29 is 4.79 Å². The number of unbranched alkanes of at least 4 members (excludes halogenated alkanes) is 1. The topological polar surface area (TPSA) is 32.3 Å². The summed E-state index contributed by atoms with van der Waals surface area (Å²) in [6.45, 7) is 7.63. The SMILES string of the molecule is CCCCC1NC(C)N(CC2(C)CCCCC2)C1=O. The Kier molecular flexibility index (Phi) is 4.88. The number of hydrogen-bond acceptors (Lipinski definition) is 2. The molecular formula is C16H30N2O. The van der Waals surface area contributed by atoms with Crippen molar-refractivity contribution in [3.8, 4) is 0 Å². The highest BCUT2D eigenvalue weighted by atomic mass is 16.2. The molecule has 3 heteroatoms. The Labute approximate surface area is 118 Å². The highest BCUT2D eigenvalue weighted by molar-refractivity contribution is 5.84. The van der Waals surface area contributed by atoms with Gasteiger partial charge in [0.25, 0.3) is 0 Å². The van der Waals surface area contributed by atoms with E-state index in [9.17, 15) is 4.79 Å². The predicted molar refractivity (Wildman–Crippen MR) is 78.8 cm³/mol. The smallest absolute Gasteiger partial charge is 0.241 e. The van der Waals surface area contributed by atoms with Gasteiger partial charge in [-0.05, 0) is 31.6 Å². The van der Waals surface area contributed by atoms with Gasteiger partial charge < -0.3 is 4.90 Å². The van der Waals surface area contributed by atoms with E-state index in [1.165, 1.54) is 32.1 Å². The van der Waals surface area contributed by atoms with Crippen LogP contribution in [-0.2, 0) is 4.79 Å². The van der Waals surface area contributed by atoms with E-state index < -0.39 is 0 Å². The summed E-state index contributed by atoms with van der Waals surface area (Å²) in [5.41, 5.74) is 0.351. The minimum absolute atomic E-state index is 0.0714. The minimum Gasteiger partial charge on any atom is -0.326 e. The van der Waals surface area contributed by atoms with Gasteiger partial charge in [0.2, 0.25) is 5.91 Å². The molecule has 0 bridgehead atoms. The van der Waals surface area contributed by atoms with Crippen LogP contribution in [0.15, 0.2) is 0 Å². The molecule has 0 aromatic carbocycles. The van der Waals surface area contributed by atoms with Gasteiger partial charge in [-0.1, -0.05) is 46.0 Å². The van der Waals surface area contributed by atoms with Gasteiger partial charge in [0, 0.05) is 6.54 Å². The molecule has 0 radical (unpaired) electrons. The average molecular weight is 266 g/mol. The molecular weight excluding hydrogens is 236 g/mol. The summed E-state index contributed by atoms with van der Waals surface area (Å²) in [5, 5.41) is 3.47. The number of carbonyl (C=O) groups is 1. The molecule has 1 N–H and O–H groups in total. The summed E-state index contributed by atoms with van der Waals surface area (Å²) < 4.78 is 0. The number of hydrogen-bond donors (Lipinski definition) is 1. The zero-order chi connectivity index (χ0) is 13.9. The molecule has 1 heterocycles. The number of nitrogens with one attached hydrogen (secondary N) is 1. The van der Waals surface area contributed by atoms with Crippen molar-refractivity contribution in [1.29, 1.82) is 0 Å². The molecule has 110 valence electrons. The molecule has 1 aliphatic heterocycles. The first-order chi connectivity index (χ1) is 9.06. The predicted octanol–water partition coefficient (Wildman–Crippen LogP) is 3.29. The van der Waals surface area contributed by atoms with E-state index in [2.05, 4.69) is 31.0 Å². The summed E-state index contributed by atoms with van der Waals surface area (Å²) in [6.07, 6.45) is 10.1. The van der Waals surface area contributed by atoms with Crippen molar-refractivity contribution in [3.63, 3.8) is 0 Å². The minimum atomic E-state index is 0.0714. The third-order valence-electron chi connectivity index (χ3n) is 4.95. The molecule has 0 aromatic rings. The fourth-order valence-electron chi connectivity index (χ4n) is 3.65. The molecule has 1 saturated heterocycles. The standard InChI is InChI=1S/C16H30N2O/c1-4-5-9-14-15(19)18(13(2)17-14)12-16(3)10-7-6-8-11-16/h13-14,17H,4-12H2,1-3H3. The third-order valence-corrected chi connectivity index (χ3v) is 4.95. The fourth-order valence-corrected chi connectivity index (χ4v) is 3.65. The van der Waals surface area contributed by atoms with Crippen LogP contribution in [0.25, 0.3) is 0 Å². The summed E-state index contributed by atoms with van der Waals surface area (Å²) in [6, 6.07) is 0.0714. The van der Waals surface area contributed by atoms with Crippen molar-refractivity contribution in [1.82, 2.24) is 10.2 Å². The van der Waals surface area contributed by atoms with Crippen molar-refractivity contribution in [2.45, 2.75) is 84.3 Å². The van der Waals surface area contributed by atoms with Gasteiger partial charge in [-0.2, -0.15) is 0 Å². The van der Waals surface area contributed by atoms with Crippen LogP contribution in [0.4, 0.5) is 0 Å². The van der Waals surface area contributed by atoms with Crippen molar-refractivity contribution >= 4 is 5.91 Å². The zero-order valence-corrected chi connectivity index (χ0v) is 12.9. The van der Waals surface area contributed by atoms with Gasteiger partial charge in [0.1, 0.15) is 0 Å². The quantitative estimate of drug-likeness (QED) is 0.828. The molecule has 0 aromatic heterocycles. The van der Waals surface area contributed by atoms with E-state index in [0.717, 1.165) is 25.8 Å². The molecule has 3 nitrogen and oxygen atoms in total. The van der Waals surface area contributed by atoms with E-state index in [1.54, 1.807) is 0 Å². The molecule has 2 fully saturated rings. The molecule has 0 spiro atoms. The van der Waals surface area contributed by atoms with Crippen molar-refractivity contribution in [3.05, 3.63) is 0 Å². The first-order valence-corrected chi connectivity index (χ1v) is 8.12. The molecule has 1 saturated carbocycles. The Bertz CT molecular complexity index is 310. The second kappa shape index (κ2) is 6.25. The lowest BCUT2D eigenvalue weighted by molar-refractivity contribution is -0.131. The lowest BCUT2D eigenvalue weighted by Gasteiger charge is -2.38. The normalized spacial score (nSPS) is 30.9. The Hall–Kier alpha value is -0.570. The van der Waals surface area contributed by atoms with Gasteiger partial charge in [-0.25, -0.2) is 0 Å². The largest absolute Gasteiger partial charge is 0.326 e. The van der Waals surface area contributed by atoms with Crippen LogP contribution < -0.4 is 5.32 Å². The van der Waals surface area contributed by atoms with Crippen LogP contribution in [0.1, 0.15) is 72.1 Å². The second-order valence-electron chi connectivity index (χ2n) is 6.87. The Balaban J connectivity index is 1.94. The lowest BCUT2D eigenvalue weighted by Crippen LogP contribution is -2.43. The van der Waals surface area contributed by atoms with Crippen molar-refractivity contribution in [2.24, 2.45) is 5.41 Å². The summed E-state index contributed by atoms with van der Waals surface area (Å²) >= 11 is 0. The van der Waals surface area contributed by atoms with Crippen LogP contribution >= 0.6 is 0 Å². The molecule has 2 aliphatic rings. The number of carbonyl (C=O) groups excluding carboxylic acids is 1. The second-order valence-corrected chi connectivity index (χ2v) is 6.87. The van der Waals surface area contributed by atoms with E-state index in [1.807, 2.05) is 0 Å². The van der Waals surface area contributed by atoms with E-state index in [-0.39, 0.29) is 12.2 Å². The van der Waals surface area contributed by atoms with Gasteiger partial charge in [-0.15, -0.1) is 0 Å². The highest BCUT2D eigenvalue weighted by Gasteiger charge is 2.40. The maximum Gasteiger partial charge on any atom is 0.241 e. The monoisotopic (exact) mass is 266 g/mol. The molecule has 2 unspecified atom stereocenters. The molecule has 2 rings (SSSR count). The summed E-state index contributed by atoms with van der Waals surface area (Å²) in [5.74, 6) is 0.341. The van der Waals surface area contributed by atoms with E-state index in [0.29, 0.717) is 11.3 Å². The van der Waals surface area contributed by atoms with Gasteiger partial charge >= 0.3 is 0 Å². The van der Waals surface area contributed by atoms with Gasteiger partial charge in [0.15, 0.2) is 0 Å². The number of amides is 1. The maximum atomic E-state index is 12.5. The average Bonchev–Trinajstić information content (AvgIpc) is 2.64. The van der Waals surface area contributed by atoms with Gasteiger partial charge in [0.05, 0.1) is 12.2 Å². The van der Waals surface area contributed by atoms with E-state index in [4.69, 9.17) is 0 Å². The third kappa shape index (κ3) is 3.50. The number of nitrogens with zero attached hydrogens (tertiary/aromatic N) is 1. The first kappa shape index (κ1) is 14.8. The number of rotatable bonds is 5. The molecule has 2 atom stereocenters. The van der Waals surface area contributed by atoms with E-state index >= 15 is 0 Å². The molecule has 19 heavy (non-hydrogen) atoms. The fraction of sp³-hybridized carbons (Fsp3) is 0.938. The van der Waals surface area contributed by atoms with Crippen LogP contribution in [0.3, 0.4) is 0 Å².